The van der Waals surface area contributed by atoms with E-state index in [9.17, 15) is 4.79 Å². The van der Waals surface area contributed by atoms with Crippen LogP contribution in [-0.2, 0) is 4.79 Å². The average molecular weight is 283 g/mol. The van der Waals surface area contributed by atoms with Crippen molar-refractivity contribution in [3.05, 3.63) is 48.0 Å². The number of hydrogen-bond donors (Lipinski definition) is 0. The van der Waals surface area contributed by atoms with Crippen molar-refractivity contribution < 1.29 is 14.3 Å². The number of anilines is 2. The van der Waals surface area contributed by atoms with Crippen molar-refractivity contribution in [3.63, 3.8) is 0 Å². The Hall–Kier alpha value is -2.49. The number of hydrogen-bond acceptors (Lipinski definition) is 3. The molecular weight excluding hydrogens is 266 g/mol. The highest BCUT2D eigenvalue weighted by atomic mass is 16.5. The molecule has 3 rings (SSSR count). The molecule has 0 N–H and O–H groups in total. The smallest absolute Gasteiger partial charge is 0.272 e. The van der Waals surface area contributed by atoms with E-state index in [-0.39, 0.29) is 5.91 Å². The van der Waals surface area contributed by atoms with Gasteiger partial charge in [-0.25, -0.2) is 0 Å². The number of rotatable bonds is 2. The molecule has 1 amide bonds. The van der Waals surface area contributed by atoms with E-state index in [1.807, 2.05) is 49.4 Å². The number of carbonyl (C=O) groups excluding carboxylic acids is 1. The van der Waals surface area contributed by atoms with E-state index in [1.165, 1.54) is 0 Å². The number of aryl methyl sites for hydroxylation is 1. The predicted octanol–water partition coefficient (Wildman–Crippen LogP) is 3.45. The highest BCUT2D eigenvalue weighted by Gasteiger charge is 2.32. The van der Waals surface area contributed by atoms with Crippen LogP contribution in [0.2, 0.25) is 0 Å². The van der Waals surface area contributed by atoms with E-state index in [0.717, 1.165) is 28.4 Å². The Morgan fingerprint density at radius 3 is 2.52 bits per heavy atom. The molecular formula is C17H17NO3. The molecule has 0 aromatic heterocycles. The van der Waals surface area contributed by atoms with Crippen LogP contribution in [0.1, 0.15) is 12.5 Å². The maximum atomic E-state index is 12.5. The molecule has 0 bridgehead atoms. The van der Waals surface area contributed by atoms with Gasteiger partial charge >= 0.3 is 0 Å². The lowest BCUT2D eigenvalue weighted by atomic mass is 10.1. The van der Waals surface area contributed by atoms with Crippen molar-refractivity contribution in [2.75, 3.05) is 12.0 Å². The van der Waals surface area contributed by atoms with Gasteiger partial charge in [0.1, 0.15) is 11.5 Å². The molecule has 2 aromatic carbocycles. The van der Waals surface area contributed by atoms with Crippen LogP contribution < -0.4 is 14.4 Å². The highest BCUT2D eigenvalue weighted by molar-refractivity contribution is 6.05. The maximum Gasteiger partial charge on any atom is 0.272 e. The van der Waals surface area contributed by atoms with Crippen molar-refractivity contribution in [2.24, 2.45) is 0 Å². The molecule has 0 saturated heterocycles. The maximum absolute atomic E-state index is 12.5. The second kappa shape index (κ2) is 5.13. The summed E-state index contributed by atoms with van der Waals surface area (Å²) in [6, 6.07) is 13.3. The Balaban J connectivity index is 2.11. The van der Waals surface area contributed by atoms with E-state index >= 15 is 0 Å². The fraction of sp³-hybridized carbons (Fsp3) is 0.235. The van der Waals surface area contributed by atoms with Crippen molar-refractivity contribution in [2.45, 2.75) is 20.0 Å². The number of carbonyl (C=O) groups is 1. The van der Waals surface area contributed by atoms with Gasteiger partial charge in [0.05, 0.1) is 12.8 Å². The van der Waals surface area contributed by atoms with E-state index in [1.54, 1.807) is 18.9 Å². The minimum absolute atomic E-state index is 0.0710. The first-order chi connectivity index (χ1) is 10.1. The van der Waals surface area contributed by atoms with E-state index in [2.05, 4.69) is 0 Å². The lowest BCUT2D eigenvalue weighted by Gasteiger charge is -2.33. The Kier molecular flexibility index (Phi) is 3.29. The van der Waals surface area contributed by atoms with Gasteiger partial charge in [-0.15, -0.1) is 0 Å². The standard InChI is InChI=1S/C17H17NO3/c1-11-4-9-16-15(10-11)18(17(19)12(2)21-16)13-5-7-14(20-3)8-6-13/h4-10,12H,1-3H3. The van der Waals surface area contributed by atoms with Gasteiger partial charge in [0.2, 0.25) is 0 Å². The number of benzene rings is 2. The Morgan fingerprint density at radius 1 is 1.14 bits per heavy atom. The zero-order valence-electron chi connectivity index (χ0n) is 12.3. The van der Waals surface area contributed by atoms with Gasteiger partial charge < -0.3 is 9.47 Å². The fourth-order valence-corrected chi connectivity index (χ4v) is 2.44. The Morgan fingerprint density at radius 2 is 1.86 bits per heavy atom. The summed E-state index contributed by atoms with van der Waals surface area (Å²) in [5.74, 6) is 1.42. The highest BCUT2D eigenvalue weighted by Crippen LogP contribution is 2.39. The molecule has 108 valence electrons. The van der Waals surface area contributed by atoms with Gasteiger partial charge in [-0.1, -0.05) is 6.07 Å². The second-order valence-corrected chi connectivity index (χ2v) is 5.10. The zero-order valence-corrected chi connectivity index (χ0v) is 12.3. The summed E-state index contributed by atoms with van der Waals surface area (Å²) >= 11 is 0. The first kappa shape index (κ1) is 13.5. The van der Waals surface area contributed by atoms with Gasteiger partial charge in [0, 0.05) is 5.69 Å². The Labute approximate surface area is 123 Å². The second-order valence-electron chi connectivity index (χ2n) is 5.10. The molecule has 0 aliphatic carbocycles. The van der Waals surface area contributed by atoms with E-state index in [0.29, 0.717) is 0 Å². The SMILES string of the molecule is COc1ccc(N2C(=O)C(C)Oc3ccc(C)cc32)cc1. The molecule has 4 nitrogen and oxygen atoms in total. The monoisotopic (exact) mass is 283 g/mol. The summed E-state index contributed by atoms with van der Waals surface area (Å²) in [7, 11) is 1.62. The Bertz CT molecular complexity index is 679. The van der Waals surface area contributed by atoms with Gasteiger partial charge in [-0.3, -0.25) is 9.69 Å². The van der Waals surface area contributed by atoms with Crippen LogP contribution in [0, 0.1) is 6.92 Å². The normalized spacial score (nSPS) is 17.2. The molecule has 0 spiro atoms. The molecule has 21 heavy (non-hydrogen) atoms. The molecule has 1 aliphatic rings. The molecule has 0 radical (unpaired) electrons. The number of ether oxygens (including phenoxy) is 2. The molecule has 0 fully saturated rings. The van der Waals surface area contributed by atoms with Crippen LogP contribution in [0.25, 0.3) is 0 Å². The molecule has 4 heteroatoms. The van der Waals surface area contributed by atoms with Crippen molar-refractivity contribution >= 4 is 17.3 Å². The third-order valence-electron chi connectivity index (χ3n) is 3.56. The van der Waals surface area contributed by atoms with Crippen LogP contribution in [0.5, 0.6) is 11.5 Å². The molecule has 1 aliphatic heterocycles. The lowest BCUT2D eigenvalue weighted by molar-refractivity contribution is -0.124. The quantitative estimate of drug-likeness (QED) is 0.847. The van der Waals surface area contributed by atoms with Crippen LogP contribution in [0.4, 0.5) is 11.4 Å². The fourth-order valence-electron chi connectivity index (χ4n) is 2.44. The average Bonchev–Trinajstić information content (AvgIpc) is 2.49. The third kappa shape index (κ3) is 2.33. The largest absolute Gasteiger partial charge is 0.497 e. The van der Waals surface area contributed by atoms with Gasteiger partial charge in [-0.2, -0.15) is 0 Å². The summed E-state index contributed by atoms with van der Waals surface area (Å²) in [4.78, 5) is 14.2. The molecule has 1 unspecified atom stereocenters. The number of amides is 1. The first-order valence-corrected chi connectivity index (χ1v) is 6.85. The zero-order chi connectivity index (χ0) is 15.0. The predicted molar refractivity (Wildman–Crippen MR) is 81.4 cm³/mol. The van der Waals surface area contributed by atoms with Crippen molar-refractivity contribution in [1.29, 1.82) is 0 Å². The van der Waals surface area contributed by atoms with Crippen LogP contribution in [-0.4, -0.2) is 19.1 Å². The molecule has 0 saturated carbocycles. The minimum Gasteiger partial charge on any atom is -0.497 e. The minimum atomic E-state index is -0.498. The summed E-state index contributed by atoms with van der Waals surface area (Å²) < 4.78 is 10.8. The van der Waals surface area contributed by atoms with Gasteiger partial charge in [-0.05, 0) is 55.8 Å². The van der Waals surface area contributed by atoms with E-state index in [4.69, 9.17) is 9.47 Å². The number of fused-ring (bicyclic) bond motifs is 1. The molecule has 2 aromatic rings. The summed E-state index contributed by atoms with van der Waals surface area (Å²) in [5.41, 5.74) is 2.67. The third-order valence-corrected chi connectivity index (χ3v) is 3.56. The topological polar surface area (TPSA) is 38.8 Å². The molecule has 1 heterocycles. The van der Waals surface area contributed by atoms with E-state index < -0.39 is 6.10 Å². The van der Waals surface area contributed by atoms with Crippen molar-refractivity contribution in [3.8, 4) is 11.5 Å². The van der Waals surface area contributed by atoms with Gasteiger partial charge in [0.25, 0.3) is 5.91 Å². The van der Waals surface area contributed by atoms with Crippen molar-refractivity contribution in [1.82, 2.24) is 0 Å². The lowest BCUT2D eigenvalue weighted by Crippen LogP contribution is -2.41. The number of methoxy groups -OCH3 is 1. The number of nitrogens with zero attached hydrogens (tertiary/aromatic N) is 1. The van der Waals surface area contributed by atoms with Crippen LogP contribution in [0.3, 0.4) is 0 Å². The first-order valence-electron chi connectivity index (χ1n) is 6.85. The van der Waals surface area contributed by atoms with Crippen LogP contribution in [0.15, 0.2) is 42.5 Å². The van der Waals surface area contributed by atoms with Gasteiger partial charge in [0.15, 0.2) is 6.10 Å². The van der Waals surface area contributed by atoms with Crippen LogP contribution >= 0.6 is 0 Å². The summed E-state index contributed by atoms with van der Waals surface area (Å²) in [6.07, 6.45) is -0.498. The molecule has 1 atom stereocenters. The summed E-state index contributed by atoms with van der Waals surface area (Å²) in [5, 5.41) is 0. The summed E-state index contributed by atoms with van der Waals surface area (Å²) in [6.45, 7) is 3.76.